The summed E-state index contributed by atoms with van der Waals surface area (Å²) in [6.45, 7) is 0.210. The molecule has 0 fully saturated rings. The molecule has 1 aromatic heterocycles. The number of aromatic nitrogens is 1. The summed E-state index contributed by atoms with van der Waals surface area (Å²) in [5, 5.41) is 0.470. The molecule has 0 aliphatic carbocycles. The zero-order valence-corrected chi connectivity index (χ0v) is 10.5. The van der Waals surface area contributed by atoms with Gasteiger partial charge in [0.2, 0.25) is 0 Å². The topological polar surface area (TPSA) is 36.1 Å². The molecule has 0 unspecified atom stereocenters. The van der Waals surface area contributed by atoms with E-state index in [-0.39, 0.29) is 18.3 Å². The first-order chi connectivity index (χ1) is 8.58. The highest BCUT2D eigenvalue weighted by Gasteiger charge is 2.15. The molecule has 1 amide bonds. The van der Waals surface area contributed by atoms with E-state index in [4.69, 9.17) is 11.6 Å². The van der Waals surface area contributed by atoms with Crippen molar-refractivity contribution >= 4 is 17.5 Å². The SMILES string of the molecule is CN(Cc1ccccc1F)C(=O)c1cc(Cl)c[nH]1. The monoisotopic (exact) mass is 266 g/mol. The van der Waals surface area contributed by atoms with Crippen LogP contribution in [0.4, 0.5) is 4.39 Å². The smallest absolute Gasteiger partial charge is 0.270 e. The molecule has 0 aliphatic heterocycles. The van der Waals surface area contributed by atoms with E-state index in [0.29, 0.717) is 16.3 Å². The Balaban J connectivity index is 2.11. The van der Waals surface area contributed by atoms with E-state index in [2.05, 4.69) is 4.98 Å². The zero-order valence-electron chi connectivity index (χ0n) is 9.78. The molecular formula is C13H12ClFN2O. The molecule has 3 nitrogen and oxygen atoms in total. The zero-order chi connectivity index (χ0) is 13.1. The van der Waals surface area contributed by atoms with Crippen molar-refractivity contribution in [1.82, 2.24) is 9.88 Å². The normalized spacial score (nSPS) is 10.4. The van der Waals surface area contributed by atoms with Crippen LogP contribution in [0.5, 0.6) is 0 Å². The number of halogens is 2. The van der Waals surface area contributed by atoms with Gasteiger partial charge in [-0.1, -0.05) is 29.8 Å². The molecular weight excluding hydrogens is 255 g/mol. The fourth-order valence-corrected chi connectivity index (χ4v) is 1.81. The average molecular weight is 267 g/mol. The van der Waals surface area contributed by atoms with E-state index < -0.39 is 0 Å². The van der Waals surface area contributed by atoms with Gasteiger partial charge in [-0.25, -0.2) is 4.39 Å². The summed E-state index contributed by atoms with van der Waals surface area (Å²) in [4.78, 5) is 16.2. The number of nitrogens with zero attached hydrogens (tertiary/aromatic N) is 1. The quantitative estimate of drug-likeness (QED) is 0.911. The molecule has 0 aliphatic rings. The third-order valence-corrected chi connectivity index (χ3v) is 2.81. The second-order valence-electron chi connectivity index (χ2n) is 3.98. The van der Waals surface area contributed by atoms with E-state index in [9.17, 15) is 9.18 Å². The van der Waals surface area contributed by atoms with Crippen LogP contribution in [0, 0.1) is 5.82 Å². The number of carbonyl (C=O) groups is 1. The lowest BCUT2D eigenvalue weighted by Crippen LogP contribution is -2.26. The fraction of sp³-hybridized carbons (Fsp3) is 0.154. The van der Waals surface area contributed by atoms with Crippen molar-refractivity contribution < 1.29 is 9.18 Å². The van der Waals surface area contributed by atoms with Crippen LogP contribution in [0.2, 0.25) is 5.02 Å². The predicted octanol–water partition coefficient (Wildman–Crippen LogP) is 3.08. The third kappa shape index (κ3) is 2.71. The molecule has 0 atom stereocenters. The second kappa shape index (κ2) is 5.23. The van der Waals surface area contributed by atoms with Crippen molar-refractivity contribution in [2.75, 3.05) is 7.05 Å². The Labute approximate surface area is 109 Å². The Kier molecular flexibility index (Phi) is 3.67. The highest BCUT2D eigenvalue weighted by Crippen LogP contribution is 2.14. The van der Waals surface area contributed by atoms with Gasteiger partial charge >= 0.3 is 0 Å². The Bertz CT molecular complexity index is 568. The summed E-state index contributed by atoms with van der Waals surface area (Å²) >= 11 is 5.73. The molecule has 0 saturated heterocycles. The highest BCUT2D eigenvalue weighted by atomic mass is 35.5. The van der Waals surface area contributed by atoms with Crippen molar-refractivity contribution in [2.45, 2.75) is 6.54 Å². The van der Waals surface area contributed by atoms with Crippen LogP contribution >= 0.6 is 11.6 Å². The minimum atomic E-state index is -0.318. The number of amides is 1. The summed E-state index contributed by atoms with van der Waals surface area (Å²) in [5.74, 6) is -0.549. The number of aromatic amines is 1. The van der Waals surface area contributed by atoms with E-state index in [0.717, 1.165) is 0 Å². The number of H-pyrrole nitrogens is 1. The lowest BCUT2D eigenvalue weighted by molar-refractivity contribution is 0.0779. The molecule has 1 N–H and O–H groups in total. The van der Waals surface area contributed by atoms with Crippen LogP contribution < -0.4 is 0 Å². The average Bonchev–Trinajstić information content (AvgIpc) is 2.78. The minimum Gasteiger partial charge on any atom is -0.356 e. The predicted molar refractivity (Wildman–Crippen MR) is 68.0 cm³/mol. The maximum atomic E-state index is 13.5. The maximum Gasteiger partial charge on any atom is 0.270 e. The fourth-order valence-electron chi connectivity index (χ4n) is 1.65. The summed E-state index contributed by atoms with van der Waals surface area (Å²) in [6, 6.07) is 7.93. The Morgan fingerprint density at radius 3 is 2.78 bits per heavy atom. The summed E-state index contributed by atoms with van der Waals surface area (Å²) < 4.78 is 13.5. The van der Waals surface area contributed by atoms with E-state index in [1.807, 2.05) is 0 Å². The van der Waals surface area contributed by atoms with Crippen molar-refractivity contribution in [3.05, 3.63) is 58.6 Å². The van der Waals surface area contributed by atoms with E-state index in [1.165, 1.54) is 17.2 Å². The molecule has 2 aromatic rings. The van der Waals surface area contributed by atoms with Crippen LogP contribution in [-0.2, 0) is 6.54 Å². The standard InChI is InChI=1S/C13H12ClFN2O/c1-17(8-9-4-2-3-5-11(9)15)13(18)12-6-10(14)7-16-12/h2-7,16H,8H2,1H3. The first-order valence-corrected chi connectivity index (χ1v) is 5.78. The van der Waals surface area contributed by atoms with Gasteiger partial charge in [-0.2, -0.15) is 0 Å². The molecule has 94 valence electrons. The van der Waals surface area contributed by atoms with Gasteiger partial charge in [0.05, 0.1) is 5.02 Å². The molecule has 0 bridgehead atoms. The number of rotatable bonds is 3. The van der Waals surface area contributed by atoms with Gasteiger partial charge in [-0.15, -0.1) is 0 Å². The van der Waals surface area contributed by atoms with Crippen molar-refractivity contribution in [2.24, 2.45) is 0 Å². The van der Waals surface area contributed by atoms with Gasteiger partial charge in [0, 0.05) is 25.4 Å². The number of hydrogen-bond acceptors (Lipinski definition) is 1. The van der Waals surface area contributed by atoms with Gasteiger partial charge in [0.15, 0.2) is 0 Å². The van der Waals surface area contributed by atoms with Gasteiger partial charge in [0.25, 0.3) is 5.91 Å². The lowest BCUT2D eigenvalue weighted by Gasteiger charge is -2.16. The molecule has 5 heteroatoms. The van der Waals surface area contributed by atoms with Crippen molar-refractivity contribution in [3.8, 4) is 0 Å². The largest absolute Gasteiger partial charge is 0.356 e. The first kappa shape index (κ1) is 12.6. The van der Waals surface area contributed by atoms with Crippen LogP contribution in [0.3, 0.4) is 0 Å². The Morgan fingerprint density at radius 1 is 1.44 bits per heavy atom. The molecule has 0 saturated carbocycles. The molecule has 1 heterocycles. The third-order valence-electron chi connectivity index (χ3n) is 2.59. The summed E-state index contributed by atoms with van der Waals surface area (Å²) in [6.07, 6.45) is 1.53. The molecule has 18 heavy (non-hydrogen) atoms. The van der Waals surface area contributed by atoms with E-state index in [1.54, 1.807) is 31.3 Å². The highest BCUT2D eigenvalue weighted by molar-refractivity contribution is 6.30. The first-order valence-electron chi connectivity index (χ1n) is 5.40. The van der Waals surface area contributed by atoms with Gasteiger partial charge < -0.3 is 9.88 Å². The number of nitrogens with one attached hydrogen (secondary N) is 1. The summed E-state index contributed by atoms with van der Waals surface area (Å²) in [7, 11) is 1.61. The van der Waals surface area contributed by atoms with Crippen LogP contribution in [0.15, 0.2) is 36.5 Å². The van der Waals surface area contributed by atoms with E-state index >= 15 is 0 Å². The van der Waals surface area contributed by atoms with Gasteiger partial charge in [-0.3, -0.25) is 4.79 Å². The number of hydrogen-bond donors (Lipinski definition) is 1. The molecule has 2 rings (SSSR count). The summed E-state index contributed by atoms with van der Waals surface area (Å²) in [5.41, 5.74) is 0.866. The molecule has 0 radical (unpaired) electrons. The molecule has 0 spiro atoms. The van der Waals surface area contributed by atoms with Crippen molar-refractivity contribution in [3.63, 3.8) is 0 Å². The van der Waals surface area contributed by atoms with Crippen LogP contribution in [0.25, 0.3) is 0 Å². The molecule has 1 aromatic carbocycles. The number of benzene rings is 1. The van der Waals surface area contributed by atoms with Gasteiger partial charge in [0.1, 0.15) is 11.5 Å². The van der Waals surface area contributed by atoms with Crippen molar-refractivity contribution in [1.29, 1.82) is 0 Å². The Morgan fingerprint density at radius 2 is 2.17 bits per heavy atom. The number of carbonyl (C=O) groups excluding carboxylic acids is 1. The minimum absolute atomic E-state index is 0.210. The van der Waals surface area contributed by atoms with Crippen LogP contribution in [-0.4, -0.2) is 22.8 Å². The lowest BCUT2D eigenvalue weighted by atomic mass is 10.2. The maximum absolute atomic E-state index is 13.5. The Hall–Kier alpha value is -1.81. The second-order valence-corrected chi connectivity index (χ2v) is 4.42. The van der Waals surface area contributed by atoms with Gasteiger partial charge in [-0.05, 0) is 12.1 Å². The van der Waals surface area contributed by atoms with Crippen LogP contribution in [0.1, 0.15) is 16.1 Å².